The molecule has 0 bridgehead atoms. The molecule has 0 aliphatic heterocycles. The monoisotopic (exact) mass is 289 g/mol. The van der Waals surface area contributed by atoms with E-state index in [0.29, 0.717) is 5.88 Å². The maximum atomic E-state index is 5.06. The summed E-state index contributed by atoms with van der Waals surface area (Å²) in [5.41, 5.74) is 3.13. The molecule has 21 heavy (non-hydrogen) atoms. The van der Waals surface area contributed by atoms with E-state index in [1.165, 1.54) is 5.69 Å². The Bertz CT molecular complexity index is 564. The minimum absolute atomic E-state index is 0.123. The van der Waals surface area contributed by atoms with Crippen LogP contribution in [0.15, 0.2) is 18.2 Å². The standard InChI is InChI=1S/C15H23N5O/c1-5-8-16-14(10-12-9-11(2)19-20(12)3)13-6-7-15(21-4)18-17-13/h6-7,9,14,16H,5,8,10H2,1-4H3. The molecule has 6 heteroatoms. The number of hydrogen-bond donors (Lipinski definition) is 1. The van der Waals surface area contributed by atoms with Crippen LogP contribution in [-0.4, -0.2) is 33.6 Å². The van der Waals surface area contributed by atoms with E-state index < -0.39 is 0 Å². The van der Waals surface area contributed by atoms with Crippen LogP contribution in [0.1, 0.15) is 36.5 Å². The average molecular weight is 289 g/mol. The highest BCUT2D eigenvalue weighted by Gasteiger charge is 2.16. The molecule has 0 aliphatic carbocycles. The molecular weight excluding hydrogens is 266 g/mol. The second kappa shape index (κ2) is 7.17. The maximum absolute atomic E-state index is 5.06. The average Bonchev–Trinajstić information content (AvgIpc) is 2.81. The second-order valence-electron chi connectivity index (χ2n) is 5.11. The van der Waals surface area contributed by atoms with Gasteiger partial charge in [0.2, 0.25) is 5.88 Å². The molecule has 1 N–H and O–H groups in total. The highest BCUT2D eigenvalue weighted by Crippen LogP contribution is 2.18. The van der Waals surface area contributed by atoms with Crippen LogP contribution in [0.3, 0.4) is 0 Å². The highest BCUT2D eigenvalue weighted by atomic mass is 16.5. The number of rotatable bonds is 7. The van der Waals surface area contributed by atoms with Crippen LogP contribution in [0.5, 0.6) is 5.88 Å². The molecule has 0 aromatic carbocycles. The molecule has 0 saturated heterocycles. The fourth-order valence-corrected chi connectivity index (χ4v) is 2.29. The van der Waals surface area contributed by atoms with Crippen molar-refractivity contribution in [1.82, 2.24) is 25.3 Å². The first-order valence-electron chi connectivity index (χ1n) is 7.24. The Labute approximate surface area is 125 Å². The van der Waals surface area contributed by atoms with Crippen molar-refractivity contribution in [3.63, 3.8) is 0 Å². The fraction of sp³-hybridized carbons (Fsp3) is 0.533. The molecule has 0 amide bonds. The minimum atomic E-state index is 0.123. The molecule has 2 aromatic rings. The van der Waals surface area contributed by atoms with E-state index in [2.05, 4.69) is 33.6 Å². The van der Waals surface area contributed by atoms with Gasteiger partial charge in [0.1, 0.15) is 0 Å². The van der Waals surface area contributed by atoms with Gasteiger partial charge in [0.05, 0.1) is 24.5 Å². The lowest BCUT2D eigenvalue weighted by molar-refractivity contribution is 0.388. The maximum Gasteiger partial charge on any atom is 0.233 e. The normalized spacial score (nSPS) is 12.4. The van der Waals surface area contributed by atoms with Crippen LogP contribution in [0.2, 0.25) is 0 Å². The molecule has 0 fully saturated rings. The van der Waals surface area contributed by atoms with Crippen LogP contribution >= 0.6 is 0 Å². The van der Waals surface area contributed by atoms with Crippen molar-refractivity contribution in [2.24, 2.45) is 7.05 Å². The molecule has 2 heterocycles. The Balaban J connectivity index is 2.18. The molecule has 1 atom stereocenters. The summed E-state index contributed by atoms with van der Waals surface area (Å²) in [4.78, 5) is 0. The number of nitrogens with one attached hydrogen (secondary N) is 1. The van der Waals surface area contributed by atoms with Gasteiger partial charge >= 0.3 is 0 Å². The van der Waals surface area contributed by atoms with Gasteiger partial charge in [0.15, 0.2) is 0 Å². The van der Waals surface area contributed by atoms with Crippen LogP contribution in [0.25, 0.3) is 0 Å². The van der Waals surface area contributed by atoms with Gasteiger partial charge in [-0.2, -0.15) is 10.2 Å². The third-order valence-corrected chi connectivity index (χ3v) is 3.38. The van der Waals surface area contributed by atoms with Crippen molar-refractivity contribution in [3.05, 3.63) is 35.3 Å². The molecule has 0 spiro atoms. The van der Waals surface area contributed by atoms with Crippen molar-refractivity contribution >= 4 is 0 Å². The molecule has 0 saturated carbocycles. The van der Waals surface area contributed by atoms with Gasteiger partial charge in [-0.05, 0) is 32.0 Å². The van der Waals surface area contributed by atoms with E-state index >= 15 is 0 Å². The summed E-state index contributed by atoms with van der Waals surface area (Å²) in [5, 5.41) is 16.3. The van der Waals surface area contributed by atoms with Gasteiger partial charge in [0.25, 0.3) is 0 Å². The van der Waals surface area contributed by atoms with E-state index in [0.717, 1.165) is 30.8 Å². The summed E-state index contributed by atoms with van der Waals surface area (Å²) in [7, 11) is 3.56. The second-order valence-corrected chi connectivity index (χ2v) is 5.11. The SMILES string of the molecule is CCCNC(Cc1cc(C)nn1C)c1ccc(OC)nn1. The van der Waals surface area contributed by atoms with Gasteiger partial charge in [-0.25, -0.2) is 0 Å². The molecule has 6 nitrogen and oxygen atoms in total. The zero-order chi connectivity index (χ0) is 15.2. The number of aryl methyl sites for hydroxylation is 2. The number of aromatic nitrogens is 4. The Kier molecular flexibility index (Phi) is 5.27. The van der Waals surface area contributed by atoms with E-state index in [4.69, 9.17) is 4.74 Å². The molecular formula is C15H23N5O. The Morgan fingerprint density at radius 1 is 1.33 bits per heavy atom. The van der Waals surface area contributed by atoms with Gasteiger partial charge in [-0.15, -0.1) is 5.10 Å². The van der Waals surface area contributed by atoms with E-state index in [-0.39, 0.29) is 6.04 Å². The van der Waals surface area contributed by atoms with E-state index in [1.54, 1.807) is 7.11 Å². The molecule has 114 valence electrons. The summed E-state index contributed by atoms with van der Waals surface area (Å²) >= 11 is 0. The third kappa shape index (κ3) is 4.01. The largest absolute Gasteiger partial charge is 0.480 e. The minimum Gasteiger partial charge on any atom is -0.480 e. The summed E-state index contributed by atoms with van der Waals surface area (Å²) < 4.78 is 6.99. The van der Waals surface area contributed by atoms with Crippen molar-refractivity contribution in [3.8, 4) is 5.88 Å². The zero-order valence-corrected chi connectivity index (χ0v) is 13.1. The first-order chi connectivity index (χ1) is 10.1. The van der Waals surface area contributed by atoms with Crippen LogP contribution in [0.4, 0.5) is 0 Å². The first kappa shape index (κ1) is 15.4. The van der Waals surface area contributed by atoms with Crippen LogP contribution in [0, 0.1) is 6.92 Å². The molecule has 0 radical (unpaired) electrons. The van der Waals surface area contributed by atoms with Crippen LogP contribution < -0.4 is 10.1 Å². The predicted molar refractivity (Wildman–Crippen MR) is 81.3 cm³/mol. The Hall–Kier alpha value is -1.95. The predicted octanol–water partition coefficient (Wildman–Crippen LogP) is 1.81. The fourth-order valence-electron chi connectivity index (χ4n) is 2.29. The number of methoxy groups -OCH3 is 1. The van der Waals surface area contributed by atoms with Gasteiger partial charge in [0, 0.05) is 25.2 Å². The molecule has 2 rings (SSSR count). The lowest BCUT2D eigenvalue weighted by atomic mass is 10.1. The number of nitrogens with zero attached hydrogens (tertiary/aromatic N) is 4. The van der Waals surface area contributed by atoms with E-state index in [9.17, 15) is 0 Å². The van der Waals surface area contributed by atoms with Crippen molar-refractivity contribution in [2.75, 3.05) is 13.7 Å². The summed E-state index contributed by atoms with van der Waals surface area (Å²) in [6.07, 6.45) is 1.91. The molecule has 1 unspecified atom stereocenters. The first-order valence-corrected chi connectivity index (χ1v) is 7.24. The number of hydrogen-bond acceptors (Lipinski definition) is 5. The zero-order valence-electron chi connectivity index (χ0n) is 13.1. The third-order valence-electron chi connectivity index (χ3n) is 3.38. The van der Waals surface area contributed by atoms with Gasteiger partial charge in [-0.1, -0.05) is 6.92 Å². The van der Waals surface area contributed by atoms with Gasteiger partial charge in [-0.3, -0.25) is 4.68 Å². The summed E-state index contributed by atoms with van der Waals surface area (Å²) in [6.45, 7) is 5.10. The number of ether oxygens (including phenoxy) is 1. The van der Waals surface area contributed by atoms with Crippen LogP contribution in [-0.2, 0) is 13.5 Å². The quantitative estimate of drug-likeness (QED) is 0.842. The Morgan fingerprint density at radius 2 is 2.14 bits per heavy atom. The smallest absolute Gasteiger partial charge is 0.233 e. The lowest BCUT2D eigenvalue weighted by Crippen LogP contribution is -2.26. The Morgan fingerprint density at radius 3 is 2.67 bits per heavy atom. The highest BCUT2D eigenvalue weighted by molar-refractivity contribution is 5.18. The topological polar surface area (TPSA) is 64.9 Å². The molecule has 2 aromatic heterocycles. The van der Waals surface area contributed by atoms with E-state index in [1.807, 2.05) is 30.8 Å². The summed E-state index contributed by atoms with van der Waals surface area (Å²) in [6, 6.07) is 6.04. The van der Waals surface area contributed by atoms with Gasteiger partial charge < -0.3 is 10.1 Å². The van der Waals surface area contributed by atoms with Crippen molar-refractivity contribution < 1.29 is 4.74 Å². The molecule has 0 aliphatic rings. The van der Waals surface area contributed by atoms with Crippen molar-refractivity contribution in [2.45, 2.75) is 32.7 Å². The lowest BCUT2D eigenvalue weighted by Gasteiger charge is -2.17. The van der Waals surface area contributed by atoms with Crippen molar-refractivity contribution in [1.29, 1.82) is 0 Å². The summed E-state index contributed by atoms with van der Waals surface area (Å²) in [5.74, 6) is 0.532.